The number of aryl methyl sites for hydroxylation is 1. The zero-order chi connectivity index (χ0) is 9.26. The van der Waals surface area contributed by atoms with Crippen LogP contribution in [-0.4, -0.2) is 10.2 Å². The number of nitrogens with two attached hydrogens (primary N) is 1. The fourth-order valence-corrected chi connectivity index (χ4v) is 1.44. The molecule has 0 bridgehead atoms. The fourth-order valence-electron chi connectivity index (χ4n) is 1.44. The van der Waals surface area contributed by atoms with Crippen molar-refractivity contribution in [1.29, 1.82) is 0 Å². The molecule has 1 aromatic rings. The van der Waals surface area contributed by atoms with Crippen LogP contribution < -0.4 is 5.73 Å². The van der Waals surface area contributed by atoms with Crippen LogP contribution in [0.2, 0.25) is 0 Å². The second-order valence-corrected chi connectivity index (χ2v) is 3.89. The summed E-state index contributed by atoms with van der Waals surface area (Å²) in [7, 11) is 0. The second-order valence-electron chi connectivity index (χ2n) is 3.89. The van der Waals surface area contributed by atoms with Gasteiger partial charge in [-0.05, 0) is 31.4 Å². The molecule has 1 fully saturated rings. The lowest BCUT2D eigenvalue weighted by molar-refractivity contribution is 0.575. The van der Waals surface area contributed by atoms with Gasteiger partial charge in [0.1, 0.15) is 0 Å². The third kappa shape index (κ3) is 2.25. The van der Waals surface area contributed by atoms with E-state index in [-0.39, 0.29) is 6.04 Å². The maximum absolute atomic E-state index is 5.98. The first-order chi connectivity index (χ1) is 6.25. The summed E-state index contributed by atoms with van der Waals surface area (Å²) in [5.74, 6) is 0.845. The molecular weight excluding hydrogens is 162 g/mol. The molecule has 0 saturated heterocycles. The third-order valence-electron chi connectivity index (χ3n) is 2.48. The Morgan fingerprint density at radius 3 is 2.77 bits per heavy atom. The quantitative estimate of drug-likeness (QED) is 0.762. The molecule has 1 aromatic heterocycles. The molecule has 0 amide bonds. The largest absolute Gasteiger partial charge is 0.323 e. The maximum Gasteiger partial charge on any atom is 0.0798 e. The number of aromatic nitrogens is 2. The Balaban J connectivity index is 2.01. The Morgan fingerprint density at radius 2 is 2.23 bits per heavy atom. The van der Waals surface area contributed by atoms with Crippen LogP contribution in [-0.2, 0) is 0 Å². The van der Waals surface area contributed by atoms with Crippen LogP contribution in [0.5, 0.6) is 0 Å². The van der Waals surface area contributed by atoms with Crippen LogP contribution in [0.25, 0.3) is 0 Å². The van der Waals surface area contributed by atoms with E-state index in [0.717, 1.165) is 23.7 Å². The summed E-state index contributed by atoms with van der Waals surface area (Å²) in [6.45, 7) is 1.93. The highest BCUT2D eigenvalue weighted by Crippen LogP contribution is 2.36. The van der Waals surface area contributed by atoms with Crippen LogP contribution in [0.1, 0.15) is 36.7 Å². The van der Waals surface area contributed by atoms with E-state index in [9.17, 15) is 0 Å². The van der Waals surface area contributed by atoms with E-state index in [1.165, 1.54) is 12.8 Å². The molecule has 0 aliphatic heterocycles. The van der Waals surface area contributed by atoms with Crippen LogP contribution in [0.4, 0.5) is 0 Å². The van der Waals surface area contributed by atoms with Gasteiger partial charge in [-0.2, -0.15) is 10.2 Å². The number of rotatable bonds is 3. The lowest BCUT2D eigenvalue weighted by atomic mass is 10.1. The van der Waals surface area contributed by atoms with Gasteiger partial charge in [0.05, 0.1) is 11.4 Å². The highest BCUT2D eigenvalue weighted by Gasteiger charge is 2.24. The monoisotopic (exact) mass is 177 g/mol. The Hall–Kier alpha value is -0.960. The summed E-state index contributed by atoms with van der Waals surface area (Å²) in [4.78, 5) is 0. The van der Waals surface area contributed by atoms with E-state index in [4.69, 9.17) is 5.73 Å². The predicted octanol–water partition coefficient (Wildman–Crippen LogP) is 1.58. The molecule has 3 nitrogen and oxygen atoms in total. The second kappa shape index (κ2) is 3.42. The van der Waals surface area contributed by atoms with Gasteiger partial charge in [-0.1, -0.05) is 12.8 Å². The minimum Gasteiger partial charge on any atom is -0.323 e. The van der Waals surface area contributed by atoms with Crippen molar-refractivity contribution < 1.29 is 0 Å². The van der Waals surface area contributed by atoms with Gasteiger partial charge in [-0.25, -0.2) is 0 Å². The van der Waals surface area contributed by atoms with Crippen LogP contribution in [0, 0.1) is 12.8 Å². The summed E-state index contributed by atoms with van der Waals surface area (Å²) in [5, 5.41) is 8.08. The zero-order valence-corrected chi connectivity index (χ0v) is 7.90. The molecule has 1 atom stereocenters. The molecule has 70 valence electrons. The average molecular weight is 177 g/mol. The first-order valence-electron chi connectivity index (χ1n) is 4.81. The smallest absolute Gasteiger partial charge is 0.0798 e. The molecule has 2 rings (SSSR count). The summed E-state index contributed by atoms with van der Waals surface area (Å²) in [6, 6.07) is 4.03. The normalized spacial score (nSPS) is 18.6. The van der Waals surface area contributed by atoms with E-state index in [1.54, 1.807) is 0 Å². The molecule has 0 aromatic carbocycles. The van der Waals surface area contributed by atoms with Crippen LogP contribution >= 0.6 is 0 Å². The molecule has 3 heteroatoms. The highest BCUT2D eigenvalue weighted by molar-refractivity contribution is 5.09. The standard InChI is InChI=1S/C10H15N3/c1-7-2-5-10(13-12-7)9(11)6-8-3-4-8/h2,5,8-9H,3-4,6,11H2,1H3. The van der Waals surface area contributed by atoms with Gasteiger partial charge in [-0.15, -0.1) is 0 Å². The molecule has 0 spiro atoms. The van der Waals surface area contributed by atoms with Crippen LogP contribution in [0.15, 0.2) is 12.1 Å². The minimum atomic E-state index is 0.0839. The average Bonchev–Trinajstić information content (AvgIpc) is 2.89. The zero-order valence-electron chi connectivity index (χ0n) is 7.90. The van der Waals surface area contributed by atoms with Crippen molar-refractivity contribution in [2.45, 2.75) is 32.2 Å². The van der Waals surface area contributed by atoms with E-state index in [2.05, 4.69) is 10.2 Å². The third-order valence-corrected chi connectivity index (χ3v) is 2.48. The van der Waals surface area contributed by atoms with Gasteiger partial charge >= 0.3 is 0 Å². The van der Waals surface area contributed by atoms with E-state index in [1.807, 2.05) is 19.1 Å². The Bertz CT molecular complexity index is 277. The van der Waals surface area contributed by atoms with Crippen molar-refractivity contribution >= 4 is 0 Å². The van der Waals surface area contributed by atoms with Gasteiger partial charge in [0.15, 0.2) is 0 Å². The summed E-state index contributed by atoms with van der Waals surface area (Å²) in [6.07, 6.45) is 3.75. The lowest BCUT2D eigenvalue weighted by Crippen LogP contribution is -2.13. The highest BCUT2D eigenvalue weighted by atomic mass is 15.1. The fraction of sp³-hybridized carbons (Fsp3) is 0.600. The molecular formula is C10H15N3. The Kier molecular flexibility index (Phi) is 2.27. The van der Waals surface area contributed by atoms with Gasteiger partial charge in [-0.3, -0.25) is 0 Å². The van der Waals surface area contributed by atoms with Crippen molar-refractivity contribution in [3.05, 3.63) is 23.5 Å². The van der Waals surface area contributed by atoms with Crippen LogP contribution in [0.3, 0.4) is 0 Å². The van der Waals surface area contributed by atoms with Gasteiger partial charge in [0.25, 0.3) is 0 Å². The molecule has 1 heterocycles. The predicted molar refractivity (Wildman–Crippen MR) is 51.0 cm³/mol. The Labute approximate surface area is 78.4 Å². The Morgan fingerprint density at radius 1 is 1.46 bits per heavy atom. The lowest BCUT2D eigenvalue weighted by Gasteiger charge is -2.08. The minimum absolute atomic E-state index is 0.0839. The van der Waals surface area contributed by atoms with Crippen molar-refractivity contribution in [2.75, 3.05) is 0 Å². The molecule has 1 saturated carbocycles. The summed E-state index contributed by atoms with van der Waals surface area (Å²) in [5.41, 5.74) is 7.86. The van der Waals surface area contributed by atoms with Crippen molar-refractivity contribution in [3.63, 3.8) is 0 Å². The molecule has 1 aliphatic rings. The van der Waals surface area contributed by atoms with E-state index >= 15 is 0 Å². The van der Waals surface area contributed by atoms with Crippen molar-refractivity contribution in [2.24, 2.45) is 11.7 Å². The van der Waals surface area contributed by atoms with Crippen molar-refractivity contribution in [3.8, 4) is 0 Å². The molecule has 0 radical (unpaired) electrons. The van der Waals surface area contributed by atoms with Crippen molar-refractivity contribution in [1.82, 2.24) is 10.2 Å². The van der Waals surface area contributed by atoms with Gasteiger partial charge in [0, 0.05) is 6.04 Å². The topological polar surface area (TPSA) is 51.8 Å². The summed E-state index contributed by atoms with van der Waals surface area (Å²) >= 11 is 0. The van der Waals surface area contributed by atoms with E-state index < -0.39 is 0 Å². The number of hydrogen-bond acceptors (Lipinski definition) is 3. The van der Waals surface area contributed by atoms with E-state index in [0.29, 0.717) is 0 Å². The van der Waals surface area contributed by atoms with Gasteiger partial charge in [0.2, 0.25) is 0 Å². The first-order valence-corrected chi connectivity index (χ1v) is 4.81. The maximum atomic E-state index is 5.98. The van der Waals surface area contributed by atoms with Gasteiger partial charge < -0.3 is 5.73 Å². The molecule has 1 unspecified atom stereocenters. The summed E-state index contributed by atoms with van der Waals surface area (Å²) < 4.78 is 0. The number of nitrogens with zero attached hydrogens (tertiary/aromatic N) is 2. The number of hydrogen-bond donors (Lipinski definition) is 1. The SMILES string of the molecule is Cc1ccc(C(N)CC2CC2)nn1. The molecule has 13 heavy (non-hydrogen) atoms. The molecule has 1 aliphatic carbocycles. The molecule has 2 N–H and O–H groups in total. The first kappa shape index (κ1) is 8.63.